The van der Waals surface area contributed by atoms with Crippen molar-refractivity contribution in [2.75, 3.05) is 11.9 Å². The van der Waals surface area contributed by atoms with E-state index in [2.05, 4.69) is 5.32 Å². The van der Waals surface area contributed by atoms with Gasteiger partial charge < -0.3 is 5.32 Å². The third kappa shape index (κ3) is 2.40. The summed E-state index contributed by atoms with van der Waals surface area (Å²) in [7, 11) is 0. The minimum Gasteiger partial charge on any atom is -0.325 e. The first-order chi connectivity index (χ1) is 12.0. The number of carbonyl (C=O) groups is 4. The van der Waals surface area contributed by atoms with Gasteiger partial charge in [0.05, 0.1) is 24.3 Å². The summed E-state index contributed by atoms with van der Waals surface area (Å²) in [5, 5.41) is 2.76. The second kappa shape index (κ2) is 5.65. The molecule has 0 aromatic heterocycles. The van der Waals surface area contributed by atoms with Crippen molar-refractivity contribution in [1.82, 2.24) is 4.90 Å². The van der Waals surface area contributed by atoms with Crippen molar-refractivity contribution in [3.05, 3.63) is 41.5 Å². The third-order valence-electron chi connectivity index (χ3n) is 5.39. The zero-order valence-corrected chi connectivity index (χ0v) is 13.8. The summed E-state index contributed by atoms with van der Waals surface area (Å²) >= 11 is 0. The molecule has 1 aromatic rings. The largest absolute Gasteiger partial charge is 0.325 e. The van der Waals surface area contributed by atoms with Crippen LogP contribution < -0.4 is 5.32 Å². The SMILES string of the molecule is C[C@@H]1C(=O)Nc2ccc(C(=O)CN3C(=O)[C@H]4CC=CC[C@H]4C3=O)cc21. The van der Waals surface area contributed by atoms with E-state index in [1.54, 1.807) is 25.1 Å². The molecule has 1 saturated heterocycles. The highest BCUT2D eigenvalue weighted by Crippen LogP contribution is 2.36. The number of nitrogens with one attached hydrogen (secondary N) is 1. The van der Waals surface area contributed by atoms with E-state index < -0.39 is 0 Å². The van der Waals surface area contributed by atoms with Crippen LogP contribution >= 0.6 is 0 Å². The number of likely N-dealkylation sites (tertiary alicyclic amines) is 1. The van der Waals surface area contributed by atoms with Crippen LogP contribution in [0, 0.1) is 11.8 Å². The number of amides is 3. The highest BCUT2D eigenvalue weighted by molar-refractivity contribution is 6.10. The lowest BCUT2D eigenvalue weighted by Crippen LogP contribution is -2.36. The Morgan fingerprint density at radius 3 is 2.40 bits per heavy atom. The molecule has 25 heavy (non-hydrogen) atoms. The minimum absolute atomic E-state index is 0.0962. The number of benzene rings is 1. The van der Waals surface area contributed by atoms with Gasteiger partial charge in [0.2, 0.25) is 17.7 Å². The molecule has 3 aliphatic rings. The summed E-state index contributed by atoms with van der Waals surface area (Å²) in [4.78, 5) is 50.4. The molecule has 3 amide bonds. The summed E-state index contributed by atoms with van der Waals surface area (Å²) in [5.74, 6) is -1.85. The number of hydrogen-bond acceptors (Lipinski definition) is 4. The van der Waals surface area contributed by atoms with Crippen LogP contribution in [0.4, 0.5) is 5.69 Å². The van der Waals surface area contributed by atoms with Gasteiger partial charge in [0.1, 0.15) is 0 Å². The van der Waals surface area contributed by atoms with Crippen LogP contribution in [0.25, 0.3) is 0 Å². The van der Waals surface area contributed by atoms with Crippen molar-refractivity contribution in [1.29, 1.82) is 0 Å². The number of anilines is 1. The molecule has 0 saturated carbocycles. The Morgan fingerprint density at radius 1 is 1.12 bits per heavy atom. The van der Waals surface area contributed by atoms with E-state index in [0.29, 0.717) is 24.1 Å². The second-order valence-corrected chi connectivity index (χ2v) is 6.85. The molecule has 2 heterocycles. The fourth-order valence-corrected chi connectivity index (χ4v) is 3.85. The Kier molecular flexibility index (Phi) is 3.56. The van der Waals surface area contributed by atoms with Gasteiger partial charge in [-0.2, -0.15) is 0 Å². The Labute approximate surface area is 144 Å². The van der Waals surface area contributed by atoms with Crippen molar-refractivity contribution in [3.8, 4) is 0 Å². The number of hydrogen-bond donors (Lipinski definition) is 1. The number of allylic oxidation sites excluding steroid dienone is 2. The summed E-state index contributed by atoms with van der Waals surface area (Å²) < 4.78 is 0. The van der Waals surface area contributed by atoms with E-state index in [1.165, 1.54) is 0 Å². The van der Waals surface area contributed by atoms with Gasteiger partial charge >= 0.3 is 0 Å². The number of Topliss-reactive ketones (excluding diaryl/α,β-unsaturated/α-hetero) is 1. The van der Waals surface area contributed by atoms with E-state index in [-0.39, 0.29) is 47.8 Å². The van der Waals surface area contributed by atoms with E-state index >= 15 is 0 Å². The maximum absolute atomic E-state index is 12.6. The number of nitrogens with zero attached hydrogens (tertiary/aromatic N) is 1. The van der Waals surface area contributed by atoms with E-state index in [4.69, 9.17) is 0 Å². The highest BCUT2D eigenvalue weighted by Gasteiger charge is 2.47. The number of ketones is 1. The van der Waals surface area contributed by atoms with Gasteiger partial charge in [0, 0.05) is 11.3 Å². The third-order valence-corrected chi connectivity index (χ3v) is 5.39. The molecule has 3 atom stereocenters. The maximum Gasteiger partial charge on any atom is 0.233 e. The lowest BCUT2D eigenvalue weighted by atomic mass is 9.85. The molecule has 1 aromatic carbocycles. The first-order valence-electron chi connectivity index (χ1n) is 8.45. The van der Waals surface area contributed by atoms with Gasteiger partial charge in [-0.3, -0.25) is 24.1 Å². The number of fused-ring (bicyclic) bond motifs is 2. The smallest absolute Gasteiger partial charge is 0.233 e. The van der Waals surface area contributed by atoms with Crippen molar-refractivity contribution in [2.45, 2.75) is 25.7 Å². The average Bonchev–Trinajstić information content (AvgIpc) is 3.04. The molecule has 4 rings (SSSR count). The molecular formula is C19H18N2O4. The Morgan fingerprint density at radius 2 is 1.76 bits per heavy atom. The predicted octanol–water partition coefficient (Wildman–Crippen LogP) is 1.88. The van der Waals surface area contributed by atoms with E-state index in [1.807, 2.05) is 12.2 Å². The maximum atomic E-state index is 12.6. The van der Waals surface area contributed by atoms with Crippen LogP contribution in [-0.2, 0) is 14.4 Å². The minimum atomic E-state index is -0.327. The summed E-state index contributed by atoms with van der Waals surface area (Å²) in [5.41, 5.74) is 1.89. The Balaban J connectivity index is 1.54. The Bertz CT molecular complexity index is 816. The first-order valence-corrected chi connectivity index (χ1v) is 8.45. The summed E-state index contributed by atoms with van der Waals surface area (Å²) in [6.45, 7) is 1.54. The lowest BCUT2D eigenvalue weighted by Gasteiger charge is -2.14. The van der Waals surface area contributed by atoms with E-state index in [9.17, 15) is 19.2 Å². The molecule has 0 bridgehead atoms. The van der Waals surface area contributed by atoms with Crippen LogP contribution in [0.2, 0.25) is 0 Å². The molecule has 6 nitrogen and oxygen atoms in total. The number of imide groups is 1. The van der Waals surface area contributed by atoms with Gasteiger partial charge in [-0.05, 0) is 43.5 Å². The van der Waals surface area contributed by atoms with Crippen molar-refractivity contribution in [2.24, 2.45) is 11.8 Å². The zero-order valence-electron chi connectivity index (χ0n) is 13.8. The van der Waals surface area contributed by atoms with Gasteiger partial charge in [-0.1, -0.05) is 12.2 Å². The van der Waals surface area contributed by atoms with Gasteiger partial charge in [0.25, 0.3) is 0 Å². The van der Waals surface area contributed by atoms with Crippen LogP contribution in [0.3, 0.4) is 0 Å². The van der Waals surface area contributed by atoms with Gasteiger partial charge in [-0.25, -0.2) is 0 Å². The lowest BCUT2D eigenvalue weighted by molar-refractivity contribution is -0.139. The standard InChI is InChI=1S/C19H18N2O4/c1-10-14-8-11(6-7-15(14)20-17(10)23)16(22)9-21-18(24)12-4-2-3-5-13(12)19(21)25/h2-3,6-8,10,12-13H,4-5,9H2,1H3,(H,20,23)/t10-,12-,13+/m0/s1. The molecule has 0 spiro atoms. The van der Waals surface area contributed by atoms with E-state index in [0.717, 1.165) is 10.5 Å². The summed E-state index contributed by atoms with van der Waals surface area (Å²) in [6, 6.07) is 5.00. The zero-order chi connectivity index (χ0) is 17.7. The number of carbonyl (C=O) groups excluding carboxylic acids is 4. The molecule has 6 heteroatoms. The molecule has 0 radical (unpaired) electrons. The molecule has 2 aliphatic heterocycles. The fraction of sp³-hybridized carbons (Fsp3) is 0.368. The van der Waals surface area contributed by atoms with Gasteiger partial charge in [-0.15, -0.1) is 0 Å². The monoisotopic (exact) mass is 338 g/mol. The molecule has 0 unspecified atom stereocenters. The molecular weight excluding hydrogens is 320 g/mol. The highest BCUT2D eigenvalue weighted by atomic mass is 16.2. The van der Waals surface area contributed by atoms with Gasteiger partial charge in [0.15, 0.2) is 5.78 Å². The molecule has 1 fully saturated rings. The van der Waals surface area contributed by atoms with Crippen LogP contribution in [0.5, 0.6) is 0 Å². The predicted molar refractivity (Wildman–Crippen MR) is 89.9 cm³/mol. The van der Waals surface area contributed by atoms with Crippen LogP contribution in [-0.4, -0.2) is 34.9 Å². The van der Waals surface area contributed by atoms with Crippen molar-refractivity contribution in [3.63, 3.8) is 0 Å². The molecule has 1 aliphatic carbocycles. The number of rotatable bonds is 3. The Hall–Kier alpha value is -2.76. The van der Waals surface area contributed by atoms with Crippen molar-refractivity contribution >= 4 is 29.2 Å². The summed E-state index contributed by atoms with van der Waals surface area (Å²) in [6.07, 6.45) is 4.96. The quantitative estimate of drug-likeness (QED) is 0.518. The molecule has 128 valence electrons. The van der Waals surface area contributed by atoms with Crippen molar-refractivity contribution < 1.29 is 19.2 Å². The topological polar surface area (TPSA) is 83.6 Å². The average molecular weight is 338 g/mol. The molecule has 1 N–H and O–H groups in total. The van der Waals surface area contributed by atoms with Crippen LogP contribution in [0.15, 0.2) is 30.4 Å². The van der Waals surface area contributed by atoms with Crippen LogP contribution in [0.1, 0.15) is 41.6 Å². The first kappa shape index (κ1) is 15.7. The normalized spacial score (nSPS) is 27.3. The second-order valence-electron chi connectivity index (χ2n) is 6.85. The fourth-order valence-electron chi connectivity index (χ4n) is 3.85.